The van der Waals surface area contributed by atoms with E-state index < -0.39 is 0 Å². The molecule has 0 aliphatic heterocycles. The molecular weight excluding hydrogens is 140 g/mol. The molecule has 1 aromatic rings. The summed E-state index contributed by atoms with van der Waals surface area (Å²) in [5.74, 6) is 5.13. The Morgan fingerprint density at radius 3 is 2.73 bits per heavy atom. The van der Waals surface area contributed by atoms with Crippen molar-refractivity contribution in [1.82, 2.24) is 0 Å². The summed E-state index contributed by atoms with van der Waals surface area (Å²) in [7, 11) is 0. The van der Waals surface area contributed by atoms with Crippen LogP contribution in [0.15, 0.2) is 18.2 Å². The zero-order valence-corrected chi connectivity index (χ0v) is 5.83. The summed E-state index contributed by atoms with van der Waals surface area (Å²) in [5, 5.41) is 8.54. The second kappa shape index (κ2) is 2.90. The van der Waals surface area contributed by atoms with Crippen LogP contribution in [0.2, 0.25) is 0 Å². The molecule has 0 spiro atoms. The maximum atomic E-state index is 8.54. The van der Waals surface area contributed by atoms with Gasteiger partial charge in [0, 0.05) is 0 Å². The molecule has 0 unspecified atom stereocenters. The van der Waals surface area contributed by atoms with Gasteiger partial charge in [-0.25, -0.2) is 0 Å². The van der Waals surface area contributed by atoms with Gasteiger partial charge in [-0.3, -0.25) is 5.84 Å². The lowest BCUT2D eigenvalue weighted by molar-refractivity contribution is 1.35. The van der Waals surface area contributed by atoms with E-state index >= 15 is 0 Å². The molecule has 4 heteroatoms. The average Bonchev–Trinajstić information content (AvgIpc) is 2.05. The molecule has 0 atom stereocenters. The number of nitriles is 1. The van der Waals surface area contributed by atoms with Crippen LogP contribution < -0.4 is 17.0 Å². The first kappa shape index (κ1) is 7.38. The third kappa shape index (κ3) is 1.23. The van der Waals surface area contributed by atoms with Crippen LogP contribution >= 0.6 is 0 Å². The van der Waals surface area contributed by atoms with E-state index in [-0.39, 0.29) is 0 Å². The van der Waals surface area contributed by atoms with Gasteiger partial charge in [-0.05, 0) is 12.1 Å². The van der Waals surface area contributed by atoms with Gasteiger partial charge in [0.1, 0.15) is 6.07 Å². The number of nitrogen functional groups attached to an aromatic ring is 2. The van der Waals surface area contributed by atoms with Crippen molar-refractivity contribution in [3.8, 4) is 6.07 Å². The largest absolute Gasteiger partial charge is 0.396 e. The fraction of sp³-hybridized carbons (Fsp3) is 0. The second-order valence-corrected chi connectivity index (χ2v) is 2.02. The lowest BCUT2D eigenvalue weighted by Gasteiger charge is -2.03. The van der Waals surface area contributed by atoms with Crippen LogP contribution in [0.4, 0.5) is 11.4 Å². The Hall–Kier alpha value is -1.73. The maximum Gasteiger partial charge on any atom is 0.101 e. The molecule has 11 heavy (non-hydrogen) atoms. The van der Waals surface area contributed by atoms with E-state index in [0.29, 0.717) is 16.9 Å². The van der Waals surface area contributed by atoms with Gasteiger partial charge >= 0.3 is 0 Å². The molecule has 56 valence electrons. The Kier molecular flexibility index (Phi) is 1.95. The average molecular weight is 148 g/mol. The van der Waals surface area contributed by atoms with Crippen molar-refractivity contribution in [2.24, 2.45) is 5.84 Å². The molecule has 0 amide bonds. The monoisotopic (exact) mass is 148 g/mol. The molecule has 0 aliphatic rings. The predicted octanol–water partition coefficient (Wildman–Crippen LogP) is 0.426. The Bertz CT molecular complexity index is 300. The topological polar surface area (TPSA) is 87.9 Å². The number of benzene rings is 1. The SMILES string of the molecule is N#Cc1cccc(NN)c1N. The number of hydrogen-bond acceptors (Lipinski definition) is 4. The van der Waals surface area contributed by atoms with Gasteiger partial charge in [0.15, 0.2) is 0 Å². The van der Waals surface area contributed by atoms with Gasteiger partial charge in [0.25, 0.3) is 0 Å². The number of rotatable bonds is 1. The van der Waals surface area contributed by atoms with Gasteiger partial charge in [-0.1, -0.05) is 6.07 Å². The van der Waals surface area contributed by atoms with Crippen LogP contribution in [0.25, 0.3) is 0 Å². The van der Waals surface area contributed by atoms with E-state index in [0.717, 1.165) is 0 Å². The van der Waals surface area contributed by atoms with E-state index in [4.69, 9.17) is 16.8 Å². The minimum absolute atomic E-state index is 0.387. The summed E-state index contributed by atoms with van der Waals surface area (Å²) in [6, 6.07) is 7.00. The van der Waals surface area contributed by atoms with Crippen LogP contribution in [-0.2, 0) is 0 Å². The van der Waals surface area contributed by atoms with Crippen molar-refractivity contribution in [3.05, 3.63) is 23.8 Å². The maximum absolute atomic E-state index is 8.54. The van der Waals surface area contributed by atoms with Crippen LogP contribution in [0.3, 0.4) is 0 Å². The number of nitrogens with two attached hydrogens (primary N) is 2. The van der Waals surface area contributed by atoms with Crippen molar-refractivity contribution in [1.29, 1.82) is 5.26 Å². The normalized spacial score (nSPS) is 8.73. The Labute approximate surface area is 64.4 Å². The van der Waals surface area contributed by atoms with Gasteiger partial charge in [-0.2, -0.15) is 5.26 Å². The van der Waals surface area contributed by atoms with Crippen molar-refractivity contribution in [3.63, 3.8) is 0 Å². The number of para-hydroxylation sites is 1. The summed E-state index contributed by atoms with van der Waals surface area (Å²) in [6.07, 6.45) is 0. The molecule has 0 bridgehead atoms. The molecular formula is C7H8N4. The summed E-state index contributed by atoms with van der Waals surface area (Å²) in [4.78, 5) is 0. The fourth-order valence-electron chi connectivity index (χ4n) is 0.789. The third-order valence-electron chi connectivity index (χ3n) is 1.38. The Balaban J connectivity index is 3.23. The first-order valence-electron chi connectivity index (χ1n) is 3.04. The minimum atomic E-state index is 0.387. The number of hydrazine groups is 1. The van der Waals surface area contributed by atoms with Crippen LogP contribution in [0.5, 0.6) is 0 Å². The molecule has 0 fully saturated rings. The Morgan fingerprint density at radius 2 is 2.18 bits per heavy atom. The first-order chi connectivity index (χ1) is 5.29. The van der Waals surface area contributed by atoms with Crippen molar-refractivity contribution in [2.75, 3.05) is 11.2 Å². The number of anilines is 2. The van der Waals surface area contributed by atoms with Crippen molar-refractivity contribution in [2.45, 2.75) is 0 Å². The molecule has 0 radical (unpaired) electrons. The minimum Gasteiger partial charge on any atom is -0.396 e. The summed E-state index contributed by atoms with van der Waals surface area (Å²) in [5.41, 5.74) is 9.32. The summed E-state index contributed by atoms with van der Waals surface area (Å²) in [6.45, 7) is 0. The molecule has 1 rings (SSSR count). The predicted molar refractivity (Wildman–Crippen MR) is 43.4 cm³/mol. The number of hydrogen-bond donors (Lipinski definition) is 3. The lowest BCUT2D eigenvalue weighted by atomic mass is 10.2. The first-order valence-corrected chi connectivity index (χ1v) is 3.04. The zero-order chi connectivity index (χ0) is 8.27. The molecule has 0 heterocycles. The van der Waals surface area contributed by atoms with E-state index in [1.165, 1.54) is 0 Å². The quantitative estimate of drug-likeness (QED) is 0.306. The summed E-state index contributed by atoms with van der Waals surface area (Å²) < 4.78 is 0. The highest BCUT2D eigenvalue weighted by Gasteiger charge is 2.00. The van der Waals surface area contributed by atoms with Gasteiger partial charge < -0.3 is 11.2 Å². The molecule has 0 saturated heterocycles. The lowest BCUT2D eigenvalue weighted by Crippen LogP contribution is -2.09. The Morgan fingerprint density at radius 1 is 1.45 bits per heavy atom. The fourth-order valence-corrected chi connectivity index (χ4v) is 0.789. The second-order valence-electron chi connectivity index (χ2n) is 2.02. The summed E-state index contributed by atoms with van der Waals surface area (Å²) >= 11 is 0. The zero-order valence-electron chi connectivity index (χ0n) is 5.83. The van der Waals surface area contributed by atoms with Gasteiger partial charge in [0.2, 0.25) is 0 Å². The van der Waals surface area contributed by atoms with Gasteiger partial charge in [-0.15, -0.1) is 0 Å². The number of nitrogens with one attached hydrogen (secondary N) is 1. The highest BCUT2D eigenvalue weighted by Crippen LogP contribution is 2.20. The number of nitrogens with zero attached hydrogens (tertiary/aromatic N) is 1. The molecule has 1 aromatic carbocycles. The van der Waals surface area contributed by atoms with E-state index in [2.05, 4.69) is 5.43 Å². The molecule has 0 saturated carbocycles. The molecule has 4 nitrogen and oxygen atoms in total. The highest BCUT2D eigenvalue weighted by molar-refractivity contribution is 5.72. The molecule has 5 N–H and O–H groups in total. The third-order valence-corrected chi connectivity index (χ3v) is 1.38. The van der Waals surface area contributed by atoms with Crippen molar-refractivity contribution < 1.29 is 0 Å². The van der Waals surface area contributed by atoms with Crippen molar-refractivity contribution >= 4 is 11.4 Å². The standard InChI is InChI=1S/C7H8N4/c8-4-5-2-1-3-6(11-10)7(5)9/h1-3,11H,9-10H2. The van der Waals surface area contributed by atoms with E-state index in [1.807, 2.05) is 6.07 Å². The van der Waals surface area contributed by atoms with E-state index in [9.17, 15) is 0 Å². The van der Waals surface area contributed by atoms with Crippen LogP contribution in [0.1, 0.15) is 5.56 Å². The van der Waals surface area contributed by atoms with Gasteiger partial charge in [0.05, 0.1) is 16.9 Å². The van der Waals surface area contributed by atoms with E-state index in [1.54, 1.807) is 18.2 Å². The smallest absolute Gasteiger partial charge is 0.101 e. The molecule has 0 aliphatic carbocycles. The van der Waals surface area contributed by atoms with Crippen LogP contribution in [0, 0.1) is 11.3 Å². The highest BCUT2D eigenvalue weighted by atomic mass is 15.2. The van der Waals surface area contributed by atoms with Crippen LogP contribution in [-0.4, -0.2) is 0 Å². The molecule has 0 aromatic heterocycles.